The zero-order chi connectivity index (χ0) is 14.4. The second-order valence-corrected chi connectivity index (χ2v) is 7.20. The van der Waals surface area contributed by atoms with E-state index in [0.717, 1.165) is 28.1 Å². The zero-order valence-corrected chi connectivity index (χ0v) is 13.0. The summed E-state index contributed by atoms with van der Waals surface area (Å²) in [6.45, 7) is 2.27. The quantitative estimate of drug-likeness (QED) is 0.822. The van der Waals surface area contributed by atoms with Crippen molar-refractivity contribution in [3.8, 4) is 16.9 Å². The lowest BCUT2D eigenvalue weighted by Crippen LogP contribution is -2.24. The minimum Gasteiger partial charge on any atom is -0.443 e. The van der Waals surface area contributed by atoms with E-state index >= 15 is 0 Å². The van der Waals surface area contributed by atoms with Gasteiger partial charge in [0.1, 0.15) is 5.75 Å². The van der Waals surface area contributed by atoms with Crippen LogP contribution in [0.1, 0.15) is 37.7 Å². The molecule has 3 unspecified atom stereocenters. The highest BCUT2D eigenvalue weighted by atomic mass is 31.2. The first-order valence-electron chi connectivity index (χ1n) is 7.68. The molecule has 0 spiro atoms. The molecule has 1 N–H and O–H groups in total. The van der Waals surface area contributed by atoms with Crippen molar-refractivity contribution >= 4 is 13.7 Å². The largest absolute Gasteiger partial charge is 0.443 e. The summed E-state index contributed by atoms with van der Waals surface area (Å²) in [6.07, 6.45) is 3.86. The average Bonchev–Trinajstić information content (AvgIpc) is 2.47. The fourth-order valence-electron chi connectivity index (χ4n) is 3.57. The Morgan fingerprint density at radius 1 is 1.14 bits per heavy atom. The van der Waals surface area contributed by atoms with Gasteiger partial charge in [0.05, 0.1) is 5.30 Å². The minimum absolute atomic E-state index is 0.667. The molecule has 21 heavy (non-hydrogen) atoms. The van der Waals surface area contributed by atoms with Crippen LogP contribution in [-0.2, 0) is 0 Å². The third kappa shape index (κ3) is 2.09. The van der Waals surface area contributed by atoms with Gasteiger partial charge in [-0.3, -0.25) is 0 Å². The van der Waals surface area contributed by atoms with Gasteiger partial charge >= 0.3 is 0 Å². The van der Waals surface area contributed by atoms with Gasteiger partial charge in [-0.15, -0.1) is 0 Å². The maximum absolute atomic E-state index is 10.4. The highest BCUT2D eigenvalue weighted by Gasteiger charge is 2.32. The maximum atomic E-state index is 10.4. The number of para-hydroxylation sites is 1. The van der Waals surface area contributed by atoms with Crippen molar-refractivity contribution in [2.24, 2.45) is 5.92 Å². The van der Waals surface area contributed by atoms with Crippen LogP contribution in [0.3, 0.4) is 0 Å². The fraction of sp³-hybridized carbons (Fsp3) is 0.333. The molecule has 2 aromatic rings. The van der Waals surface area contributed by atoms with E-state index in [9.17, 15) is 4.89 Å². The number of rotatable bonds is 2. The molecular formula is C18H19O2P. The maximum Gasteiger partial charge on any atom is 0.262 e. The van der Waals surface area contributed by atoms with E-state index in [4.69, 9.17) is 4.52 Å². The number of hydrogen-bond donors (Lipinski definition) is 1. The molecule has 1 heterocycles. The van der Waals surface area contributed by atoms with Gasteiger partial charge in [-0.1, -0.05) is 43.7 Å². The predicted molar refractivity (Wildman–Crippen MR) is 87.0 cm³/mol. The van der Waals surface area contributed by atoms with Crippen LogP contribution in [0.25, 0.3) is 11.1 Å². The zero-order valence-electron chi connectivity index (χ0n) is 12.1. The molecule has 0 aromatic heterocycles. The van der Waals surface area contributed by atoms with E-state index in [-0.39, 0.29) is 0 Å². The monoisotopic (exact) mass is 298 g/mol. The van der Waals surface area contributed by atoms with Crippen LogP contribution in [0, 0.1) is 5.92 Å². The van der Waals surface area contributed by atoms with Crippen LogP contribution < -0.4 is 9.83 Å². The number of fused-ring (bicyclic) bond motifs is 3. The Labute approximate surface area is 126 Å². The second-order valence-electron chi connectivity index (χ2n) is 5.99. The summed E-state index contributed by atoms with van der Waals surface area (Å²) in [7, 11) is -1.53. The Morgan fingerprint density at radius 3 is 2.76 bits per heavy atom. The lowest BCUT2D eigenvalue weighted by molar-refractivity contribution is 0.247. The van der Waals surface area contributed by atoms with Crippen molar-refractivity contribution in [3.05, 3.63) is 48.0 Å². The van der Waals surface area contributed by atoms with Crippen molar-refractivity contribution < 1.29 is 9.42 Å². The van der Waals surface area contributed by atoms with Gasteiger partial charge in [-0.05, 0) is 47.9 Å². The van der Waals surface area contributed by atoms with Gasteiger partial charge in [-0.2, -0.15) is 0 Å². The van der Waals surface area contributed by atoms with Crippen LogP contribution in [0.15, 0.2) is 42.5 Å². The van der Waals surface area contributed by atoms with Gasteiger partial charge in [0.2, 0.25) is 0 Å². The Bertz CT molecular complexity index is 681. The summed E-state index contributed by atoms with van der Waals surface area (Å²) in [4.78, 5) is 10.4. The molecule has 3 atom stereocenters. The number of benzene rings is 2. The molecule has 2 aromatic carbocycles. The van der Waals surface area contributed by atoms with Crippen molar-refractivity contribution in [3.63, 3.8) is 0 Å². The molecule has 1 aliphatic heterocycles. The van der Waals surface area contributed by atoms with E-state index in [0.29, 0.717) is 5.92 Å². The summed E-state index contributed by atoms with van der Waals surface area (Å²) in [5, 5.41) is 0.975. The topological polar surface area (TPSA) is 29.5 Å². The lowest BCUT2D eigenvalue weighted by atomic mass is 9.69. The van der Waals surface area contributed by atoms with Gasteiger partial charge in [0.25, 0.3) is 8.38 Å². The lowest BCUT2D eigenvalue weighted by Gasteiger charge is -2.37. The Kier molecular flexibility index (Phi) is 3.24. The van der Waals surface area contributed by atoms with Gasteiger partial charge in [-0.25, -0.2) is 0 Å². The normalized spacial score (nSPS) is 26.3. The molecule has 4 rings (SSSR count). The molecule has 0 bridgehead atoms. The molecule has 1 aliphatic carbocycles. The third-order valence-corrected chi connectivity index (χ3v) is 6.11. The summed E-state index contributed by atoms with van der Waals surface area (Å²) < 4.78 is 5.72. The third-order valence-electron chi connectivity index (χ3n) is 4.96. The van der Waals surface area contributed by atoms with Crippen LogP contribution in [-0.4, -0.2) is 4.89 Å². The fourth-order valence-corrected chi connectivity index (χ4v) is 4.68. The first-order chi connectivity index (χ1) is 10.3. The van der Waals surface area contributed by atoms with Gasteiger partial charge in [0, 0.05) is 5.56 Å². The molecule has 0 amide bonds. The SMILES string of the molecule is CCC1CCC1c1ccc2c(c1)P(O)Oc1ccccc1-2. The molecule has 1 saturated carbocycles. The summed E-state index contributed by atoms with van der Waals surface area (Å²) in [5.41, 5.74) is 3.59. The first kappa shape index (κ1) is 13.3. The van der Waals surface area contributed by atoms with E-state index in [1.165, 1.54) is 24.8 Å². The highest BCUT2D eigenvalue weighted by molar-refractivity contribution is 7.56. The summed E-state index contributed by atoms with van der Waals surface area (Å²) >= 11 is 0. The van der Waals surface area contributed by atoms with Gasteiger partial charge < -0.3 is 9.42 Å². The van der Waals surface area contributed by atoms with E-state index in [1.807, 2.05) is 18.2 Å². The number of hydrogen-bond acceptors (Lipinski definition) is 2. The minimum atomic E-state index is -1.53. The molecule has 1 fully saturated rings. The molecule has 3 heteroatoms. The van der Waals surface area contributed by atoms with Crippen molar-refractivity contribution in [1.82, 2.24) is 0 Å². The molecule has 0 saturated heterocycles. The van der Waals surface area contributed by atoms with Crippen LogP contribution in [0.5, 0.6) is 5.75 Å². The second kappa shape index (κ2) is 5.12. The Hall–Kier alpha value is -1.37. The van der Waals surface area contributed by atoms with E-state index < -0.39 is 8.38 Å². The Balaban J connectivity index is 1.77. The molecule has 2 nitrogen and oxygen atoms in total. The first-order valence-corrected chi connectivity index (χ1v) is 8.89. The summed E-state index contributed by atoms with van der Waals surface area (Å²) in [5.74, 6) is 2.27. The molecule has 0 radical (unpaired) electrons. The Morgan fingerprint density at radius 2 is 2.00 bits per heavy atom. The van der Waals surface area contributed by atoms with Crippen molar-refractivity contribution in [1.29, 1.82) is 0 Å². The van der Waals surface area contributed by atoms with Crippen LogP contribution in [0.4, 0.5) is 0 Å². The van der Waals surface area contributed by atoms with Crippen molar-refractivity contribution in [2.45, 2.75) is 32.1 Å². The molecular weight excluding hydrogens is 279 g/mol. The summed E-state index contributed by atoms with van der Waals surface area (Å²) in [6, 6.07) is 14.6. The van der Waals surface area contributed by atoms with Crippen LogP contribution in [0.2, 0.25) is 0 Å². The van der Waals surface area contributed by atoms with Crippen molar-refractivity contribution in [2.75, 3.05) is 0 Å². The molecule has 2 aliphatic rings. The van der Waals surface area contributed by atoms with E-state index in [2.05, 4.69) is 31.2 Å². The van der Waals surface area contributed by atoms with Crippen LogP contribution >= 0.6 is 8.38 Å². The average molecular weight is 298 g/mol. The molecule has 108 valence electrons. The van der Waals surface area contributed by atoms with E-state index in [1.54, 1.807) is 0 Å². The predicted octanol–water partition coefficient (Wildman–Crippen LogP) is 4.58. The smallest absolute Gasteiger partial charge is 0.262 e. The van der Waals surface area contributed by atoms with Gasteiger partial charge in [0.15, 0.2) is 0 Å². The standard InChI is InChI=1S/C18H19O2P/c1-2-12-7-9-14(12)13-8-10-16-15-5-3-4-6-17(15)20-21(19)18(16)11-13/h3-6,8,10-12,14,19H,2,7,9H2,1H3. The highest BCUT2D eigenvalue weighted by Crippen LogP contribution is 2.49.